The number of carbonyl (C=O) groups is 1. The molecule has 0 saturated heterocycles. The summed E-state index contributed by atoms with van der Waals surface area (Å²) in [6.07, 6.45) is 3.41. The van der Waals surface area contributed by atoms with Gasteiger partial charge in [0.15, 0.2) is 17.6 Å². The largest absolute Gasteiger partial charge is 0.486 e. The Labute approximate surface area is 125 Å². The molecule has 2 amide bonds. The molecule has 2 rings (SSSR count). The van der Waals surface area contributed by atoms with Crippen molar-refractivity contribution in [2.24, 2.45) is 5.41 Å². The van der Waals surface area contributed by atoms with Gasteiger partial charge < -0.3 is 20.1 Å². The monoisotopic (exact) mass is 290 g/mol. The summed E-state index contributed by atoms with van der Waals surface area (Å²) in [4.78, 5) is 11.6. The first-order chi connectivity index (χ1) is 9.94. The van der Waals surface area contributed by atoms with E-state index in [0.717, 1.165) is 5.75 Å². The van der Waals surface area contributed by atoms with Crippen molar-refractivity contribution in [1.29, 1.82) is 0 Å². The fourth-order valence-electron chi connectivity index (χ4n) is 1.79. The van der Waals surface area contributed by atoms with Crippen LogP contribution in [0.15, 0.2) is 36.5 Å². The first kappa shape index (κ1) is 15.2. The van der Waals surface area contributed by atoms with Crippen molar-refractivity contribution in [3.8, 4) is 11.5 Å². The summed E-state index contributed by atoms with van der Waals surface area (Å²) >= 11 is 0. The fourth-order valence-corrected chi connectivity index (χ4v) is 1.79. The van der Waals surface area contributed by atoms with Gasteiger partial charge in [-0.1, -0.05) is 39.0 Å². The molecule has 0 saturated carbocycles. The Bertz CT molecular complexity index is 520. The Balaban J connectivity index is 1.75. The summed E-state index contributed by atoms with van der Waals surface area (Å²) in [6.45, 7) is 7.01. The summed E-state index contributed by atoms with van der Waals surface area (Å²) in [7, 11) is 0. The van der Waals surface area contributed by atoms with Crippen molar-refractivity contribution in [3.05, 3.63) is 36.5 Å². The zero-order valence-corrected chi connectivity index (χ0v) is 12.7. The second-order valence-electron chi connectivity index (χ2n) is 6.05. The van der Waals surface area contributed by atoms with E-state index in [9.17, 15) is 4.79 Å². The maximum atomic E-state index is 11.6. The molecule has 0 aromatic heterocycles. The zero-order valence-electron chi connectivity index (χ0n) is 12.7. The molecule has 114 valence electrons. The standard InChI is InChI=1S/C16H22N2O3/c1-16(2,3)8-9-17-15(19)18-10-12-11-20-13-6-4-5-7-14(13)21-12/h4-9,12H,10-11H2,1-3H3,(H2,17,18,19)/b9-8+. The third-order valence-electron chi connectivity index (χ3n) is 2.86. The number of fused-ring (bicyclic) bond motifs is 1. The Morgan fingerprint density at radius 1 is 1.33 bits per heavy atom. The minimum absolute atomic E-state index is 0.0390. The number of ether oxygens (including phenoxy) is 2. The molecule has 1 aliphatic heterocycles. The van der Waals surface area contributed by atoms with Crippen LogP contribution in [0.3, 0.4) is 0 Å². The van der Waals surface area contributed by atoms with Crippen molar-refractivity contribution >= 4 is 6.03 Å². The Morgan fingerprint density at radius 3 is 2.76 bits per heavy atom. The molecule has 1 aliphatic rings. The summed E-state index contributed by atoms with van der Waals surface area (Å²) < 4.78 is 11.3. The van der Waals surface area contributed by atoms with E-state index < -0.39 is 0 Å². The molecule has 1 atom stereocenters. The number of nitrogens with one attached hydrogen (secondary N) is 2. The third-order valence-corrected chi connectivity index (χ3v) is 2.86. The van der Waals surface area contributed by atoms with Gasteiger partial charge in [-0.25, -0.2) is 4.79 Å². The van der Waals surface area contributed by atoms with Gasteiger partial charge in [0, 0.05) is 6.20 Å². The average molecular weight is 290 g/mol. The molecule has 0 bridgehead atoms. The number of para-hydroxylation sites is 2. The molecule has 1 aromatic rings. The summed E-state index contributed by atoms with van der Waals surface area (Å²) in [5, 5.41) is 5.43. The molecular formula is C16H22N2O3. The fraction of sp³-hybridized carbons (Fsp3) is 0.438. The number of hydrogen-bond acceptors (Lipinski definition) is 3. The SMILES string of the molecule is CC(C)(C)/C=C/NC(=O)NCC1COc2ccccc2O1. The molecule has 0 fully saturated rings. The topological polar surface area (TPSA) is 59.6 Å². The summed E-state index contributed by atoms with van der Waals surface area (Å²) in [5.41, 5.74) is 0.0390. The predicted octanol–water partition coefficient (Wildman–Crippen LogP) is 2.69. The van der Waals surface area contributed by atoms with Crippen molar-refractivity contribution in [3.63, 3.8) is 0 Å². The van der Waals surface area contributed by atoms with Gasteiger partial charge in [-0.2, -0.15) is 0 Å². The number of benzene rings is 1. The molecule has 1 unspecified atom stereocenters. The number of hydrogen-bond donors (Lipinski definition) is 2. The molecule has 1 aromatic carbocycles. The Kier molecular flexibility index (Phi) is 4.73. The van der Waals surface area contributed by atoms with E-state index in [1.165, 1.54) is 0 Å². The smallest absolute Gasteiger partial charge is 0.318 e. The summed E-state index contributed by atoms with van der Waals surface area (Å²) in [5.74, 6) is 1.45. The van der Waals surface area contributed by atoms with Crippen LogP contribution in [0.1, 0.15) is 20.8 Å². The van der Waals surface area contributed by atoms with E-state index in [4.69, 9.17) is 9.47 Å². The second-order valence-corrected chi connectivity index (χ2v) is 6.05. The third kappa shape index (κ3) is 5.02. The Hall–Kier alpha value is -2.17. The van der Waals surface area contributed by atoms with Gasteiger partial charge in [0.25, 0.3) is 0 Å². The molecule has 0 radical (unpaired) electrons. The number of amides is 2. The highest BCUT2D eigenvalue weighted by Crippen LogP contribution is 2.30. The van der Waals surface area contributed by atoms with Crippen LogP contribution in [0.5, 0.6) is 11.5 Å². The number of carbonyl (C=O) groups excluding carboxylic acids is 1. The van der Waals surface area contributed by atoms with E-state index in [1.54, 1.807) is 6.20 Å². The van der Waals surface area contributed by atoms with Crippen LogP contribution in [0.25, 0.3) is 0 Å². The lowest BCUT2D eigenvalue weighted by Crippen LogP contribution is -2.43. The molecule has 0 aliphatic carbocycles. The molecule has 2 N–H and O–H groups in total. The normalized spacial score (nSPS) is 17.6. The van der Waals surface area contributed by atoms with Crippen LogP contribution < -0.4 is 20.1 Å². The van der Waals surface area contributed by atoms with Crippen molar-refractivity contribution in [2.75, 3.05) is 13.2 Å². The highest BCUT2D eigenvalue weighted by molar-refractivity contribution is 5.74. The van der Waals surface area contributed by atoms with E-state index >= 15 is 0 Å². The lowest BCUT2D eigenvalue weighted by Gasteiger charge is -2.26. The number of urea groups is 1. The lowest BCUT2D eigenvalue weighted by molar-refractivity contribution is 0.0919. The van der Waals surface area contributed by atoms with Crippen LogP contribution in [-0.2, 0) is 0 Å². The molecular weight excluding hydrogens is 268 g/mol. The van der Waals surface area contributed by atoms with Crippen molar-refractivity contribution in [2.45, 2.75) is 26.9 Å². The van der Waals surface area contributed by atoms with Crippen molar-refractivity contribution in [1.82, 2.24) is 10.6 Å². The molecule has 1 heterocycles. The highest BCUT2D eigenvalue weighted by atomic mass is 16.6. The van der Waals surface area contributed by atoms with Gasteiger partial charge in [0.05, 0.1) is 6.54 Å². The van der Waals surface area contributed by atoms with Crippen molar-refractivity contribution < 1.29 is 14.3 Å². The maximum absolute atomic E-state index is 11.6. The highest BCUT2D eigenvalue weighted by Gasteiger charge is 2.20. The van der Waals surface area contributed by atoms with Gasteiger partial charge in [-0.15, -0.1) is 0 Å². The van der Waals surface area contributed by atoms with E-state index in [2.05, 4.69) is 31.4 Å². The first-order valence-corrected chi connectivity index (χ1v) is 7.04. The van der Waals surface area contributed by atoms with Gasteiger partial charge in [-0.3, -0.25) is 0 Å². The van der Waals surface area contributed by atoms with E-state index in [0.29, 0.717) is 18.9 Å². The second kappa shape index (κ2) is 6.52. The van der Waals surface area contributed by atoms with Crippen LogP contribution in [0, 0.1) is 5.41 Å². The summed E-state index contributed by atoms with van der Waals surface area (Å²) in [6, 6.07) is 7.26. The Morgan fingerprint density at radius 2 is 2.05 bits per heavy atom. The number of allylic oxidation sites excluding steroid dienone is 1. The predicted molar refractivity (Wildman–Crippen MR) is 81.5 cm³/mol. The van der Waals surface area contributed by atoms with E-state index in [1.807, 2.05) is 30.3 Å². The molecule has 5 nitrogen and oxygen atoms in total. The molecule has 21 heavy (non-hydrogen) atoms. The van der Waals surface area contributed by atoms with Crippen LogP contribution >= 0.6 is 0 Å². The van der Waals surface area contributed by atoms with Gasteiger partial charge >= 0.3 is 6.03 Å². The quantitative estimate of drug-likeness (QED) is 0.900. The zero-order chi connectivity index (χ0) is 15.3. The molecule has 5 heteroatoms. The van der Waals surface area contributed by atoms with Crippen LogP contribution in [0.2, 0.25) is 0 Å². The van der Waals surface area contributed by atoms with Crippen LogP contribution in [-0.4, -0.2) is 25.3 Å². The number of rotatable bonds is 3. The van der Waals surface area contributed by atoms with E-state index in [-0.39, 0.29) is 17.6 Å². The molecule has 0 spiro atoms. The minimum Gasteiger partial charge on any atom is -0.486 e. The first-order valence-electron chi connectivity index (χ1n) is 7.04. The minimum atomic E-state index is -0.252. The van der Waals surface area contributed by atoms with Gasteiger partial charge in [0.2, 0.25) is 0 Å². The maximum Gasteiger partial charge on any atom is 0.318 e. The van der Waals surface area contributed by atoms with Crippen LogP contribution in [0.4, 0.5) is 4.79 Å². The van der Waals surface area contributed by atoms with Gasteiger partial charge in [-0.05, 0) is 17.5 Å². The average Bonchev–Trinajstić information content (AvgIpc) is 2.43. The lowest BCUT2D eigenvalue weighted by atomic mass is 9.97. The van der Waals surface area contributed by atoms with Gasteiger partial charge in [0.1, 0.15) is 6.61 Å².